The van der Waals surface area contributed by atoms with Crippen molar-refractivity contribution < 1.29 is 28.4 Å². The lowest BCUT2D eigenvalue weighted by Gasteiger charge is -2.17. The highest BCUT2D eigenvalue weighted by atomic mass is 16.6. The van der Waals surface area contributed by atoms with Crippen molar-refractivity contribution in [1.29, 1.82) is 0 Å². The van der Waals surface area contributed by atoms with Gasteiger partial charge in [-0.05, 0) is 12.5 Å². The first-order valence-electron chi connectivity index (χ1n) is 7.39. The number of nitrogens with zero attached hydrogens (tertiary/aromatic N) is 1. The van der Waals surface area contributed by atoms with E-state index in [0.717, 1.165) is 6.42 Å². The van der Waals surface area contributed by atoms with Gasteiger partial charge >= 0.3 is 18.2 Å². The number of ether oxygens (including phenoxy) is 3. The van der Waals surface area contributed by atoms with E-state index in [1.165, 1.54) is 14.0 Å². The third-order valence-electron chi connectivity index (χ3n) is 3.94. The number of hydrogen-bond donors (Lipinski definition) is 0. The summed E-state index contributed by atoms with van der Waals surface area (Å²) in [6, 6.07) is 3.41. The van der Waals surface area contributed by atoms with Crippen LogP contribution in [0.5, 0.6) is 0 Å². The zero-order valence-electron chi connectivity index (χ0n) is 13.3. The van der Waals surface area contributed by atoms with Crippen LogP contribution in [0.3, 0.4) is 0 Å². The summed E-state index contributed by atoms with van der Waals surface area (Å²) >= 11 is 0. The molecule has 0 bridgehead atoms. The first kappa shape index (κ1) is 16.4. The van der Waals surface area contributed by atoms with Crippen LogP contribution < -0.4 is 4.57 Å². The molecule has 0 aromatic carbocycles. The maximum atomic E-state index is 11.7. The fraction of sp³-hybridized carbons (Fsp3) is 0.562. The molecule has 22 heavy (non-hydrogen) atoms. The van der Waals surface area contributed by atoms with E-state index in [-0.39, 0.29) is 24.1 Å². The molecule has 1 aromatic rings. The summed E-state index contributed by atoms with van der Waals surface area (Å²) in [5, 5.41) is 0. The fourth-order valence-corrected chi connectivity index (χ4v) is 2.81. The van der Waals surface area contributed by atoms with Gasteiger partial charge in [-0.3, -0.25) is 4.79 Å². The second-order valence-corrected chi connectivity index (χ2v) is 5.44. The molecule has 0 saturated carbocycles. The molecule has 1 aliphatic rings. The van der Waals surface area contributed by atoms with E-state index in [4.69, 9.17) is 14.2 Å². The van der Waals surface area contributed by atoms with Gasteiger partial charge in [0.25, 0.3) is 0 Å². The van der Waals surface area contributed by atoms with Crippen LogP contribution in [0, 0.1) is 5.92 Å². The molecule has 1 fully saturated rings. The first-order chi connectivity index (χ1) is 10.5. The third-order valence-corrected chi connectivity index (χ3v) is 3.94. The summed E-state index contributed by atoms with van der Waals surface area (Å²) in [7, 11) is 1.34. The molecular formula is C16H22NO5+. The third kappa shape index (κ3) is 3.27. The molecule has 6 nitrogen and oxygen atoms in total. The van der Waals surface area contributed by atoms with E-state index in [9.17, 15) is 9.59 Å². The van der Waals surface area contributed by atoms with E-state index in [2.05, 4.69) is 0 Å². The summed E-state index contributed by atoms with van der Waals surface area (Å²) < 4.78 is 18.0. The number of carbonyl (C=O) groups excluding carboxylic acids is 2. The Balaban J connectivity index is 2.32. The van der Waals surface area contributed by atoms with Crippen LogP contribution in [0.15, 0.2) is 24.5 Å². The minimum absolute atomic E-state index is 0.00336. The van der Waals surface area contributed by atoms with Crippen LogP contribution in [-0.4, -0.2) is 31.3 Å². The second-order valence-electron chi connectivity index (χ2n) is 5.44. The summed E-state index contributed by atoms with van der Waals surface area (Å²) in [6.07, 6.45) is 3.43. The number of pyridine rings is 1. The van der Waals surface area contributed by atoms with Crippen molar-refractivity contribution in [3.05, 3.63) is 30.1 Å². The van der Waals surface area contributed by atoms with Gasteiger partial charge in [0.15, 0.2) is 18.5 Å². The van der Waals surface area contributed by atoms with E-state index in [0.29, 0.717) is 5.56 Å². The summed E-state index contributed by atoms with van der Waals surface area (Å²) in [5.74, 6) is -0.684. The monoisotopic (exact) mass is 308 g/mol. The van der Waals surface area contributed by atoms with Crippen LogP contribution in [0.1, 0.15) is 43.8 Å². The number of methoxy groups -OCH3 is 1. The van der Waals surface area contributed by atoms with E-state index < -0.39 is 12.2 Å². The Labute approximate surface area is 130 Å². The van der Waals surface area contributed by atoms with Crippen LogP contribution >= 0.6 is 0 Å². The average Bonchev–Trinajstić information content (AvgIpc) is 2.82. The maximum absolute atomic E-state index is 11.7. The van der Waals surface area contributed by atoms with Crippen molar-refractivity contribution in [2.75, 3.05) is 7.11 Å². The Morgan fingerprint density at radius 1 is 1.41 bits per heavy atom. The molecule has 1 aromatic heterocycles. The van der Waals surface area contributed by atoms with Crippen molar-refractivity contribution in [3.63, 3.8) is 0 Å². The largest absolute Gasteiger partial charge is 0.465 e. The molecule has 0 amide bonds. The molecule has 0 unspecified atom stereocenters. The molecule has 4 atom stereocenters. The quantitative estimate of drug-likeness (QED) is 0.625. The lowest BCUT2D eigenvalue weighted by molar-refractivity contribution is -0.765. The Morgan fingerprint density at radius 2 is 2.14 bits per heavy atom. The molecule has 0 N–H and O–H groups in total. The van der Waals surface area contributed by atoms with Crippen molar-refractivity contribution >= 4 is 11.9 Å². The van der Waals surface area contributed by atoms with Gasteiger partial charge in [0.1, 0.15) is 5.56 Å². The zero-order chi connectivity index (χ0) is 16.3. The minimum Gasteiger partial charge on any atom is -0.465 e. The predicted octanol–water partition coefficient (Wildman–Crippen LogP) is 1.64. The van der Waals surface area contributed by atoms with Crippen molar-refractivity contribution in [2.24, 2.45) is 5.92 Å². The molecule has 1 saturated heterocycles. The number of esters is 2. The van der Waals surface area contributed by atoms with Crippen molar-refractivity contribution in [3.8, 4) is 0 Å². The number of rotatable bonds is 4. The topological polar surface area (TPSA) is 65.7 Å². The van der Waals surface area contributed by atoms with Gasteiger partial charge in [-0.1, -0.05) is 13.8 Å². The van der Waals surface area contributed by atoms with Crippen LogP contribution in [0.25, 0.3) is 0 Å². The summed E-state index contributed by atoms with van der Waals surface area (Å²) in [4.78, 5) is 23.0. The van der Waals surface area contributed by atoms with Crippen molar-refractivity contribution in [2.45, 2.75) is 45.6 Å². The Bertz CT molecular complexity index is 559. The molecule has 2 heterocycles. The predicted molar refractivity (Wildman–Crippen MR) is 76.9 cm³/mol. The van der Waals surface area contributed by atoms with Gasteiger partial charge in [-0.25, -0.2) is 4.79 Å². The van der Waals surface area contributed by atoms with Crippen LogP contribution in [-0.2, 0) is 19.0 Å². The maximum Gasteiger partial charge on any atom is 0.343 e. The molecular weight excluding hydrogens is 286 g/mol. The summed E-state index contributed by atoms with van der Waals surface area (Å²) in [5.41, 5.74) is 0.419. The number of aromatic nitrogens is 1. The average molecular weight is 308 g/mol. The van der Waals surface area contributed by atoms with E-state index >= 15 is 0 Å². The molecule has 0 aliphatic carbocycles. The smallest absolute Gasteiger partial charge is 0.343 e. The SMILES string of the molecule is CC[C@H]1O[C@@H]([n+]2cccc(C(=O)OC)c2)[C@H](OC(C)=O)[C@@H]1C. The van der Waals surface area contributed by atoms with Crippen LogP contribution in [0.2, 0.25) is 0 Å². The van der Waals surface area contributed by atoms with Gasteiger partial charge in [0.2, 0.25) is 0 Å². The van der Waals surface area contributed by atoms with Gasteiger partial charge in [0, 0.05) is 18.9 Å². The number of carbonyl (C=O) groups is 2. The fourth-order valence-electron chi connectivity index (χ4n) is 2.81. The highest BCUT2D eigenvalue weighted by Gasteiger charge is 2.49. The lowest BCUT2D eigenvalue weighted by Crippen LogP contribution is -2.46. The lowest BCUT2D eigenvalue weighted by atomic mass is 9.98. The summed E-state index contributed by atoms with van der Waals surface area (Å²) in [6.45, 7) is 5.43. The number of hydrogen-bond acceptors (Lipinski definition) is 5. The molecule has 120 valence electrons. The molecule has 6 heteroatoms. The van der Waals surface area contributed by atoms with Gasteiger partial charge < -0.3 is 14.2 Å². The van der Waals surface area contributed by atoms with E-state index in [1.807, 2.05) is 13.8 Å². The van der Waals surface area contributed by atoms with Crippen LogP contribution in [0.4, 0.5) is 0 Å². The van der Waals surface area contributed by atoms with E-state index in [1.54, 1.807) is 29.1 Å². The standard InChI is InChI=1S/C16H22NO5/c1-5-13-10(2)14(21-11(3)18)15(22-13)17-8-6-7-12(9-17)16(19)20-4/h6-10,13-15H,5H2,1-4H3/q+1/t10-,13-,14-,15-/m1/s1. The zero-order valence-corrected chi connectivity index (χ0v) is 13.3. The Hall–Kier alpha value is -1.95. The Kier molecular flexibility index (Phi) is 5.13. The van der Waals surface area contributed by atoms with Gasteiger partial charge in [-0.2, -0.15) is 4.57 Å². The van der Waals surface area contributed by atoms with Crippen molar-refractivity contribution in [1.82, 2.24) is 0 Å². The molecule has 0 spiro atoms. The minimum atomic E-state index is -0.451. The highest BCUT2D eigenvalue weighted by molar-refractivity contribution is 5.88. The second kappa shape index (κ2) is 6.87. The first-order valence-corrected chi connectivity index (χ1v) is 7.39. The molecule has 0 radical (unpaired) electrons. The molecule has 2 rings (SSSR count). The Morgan fingerprint density at radius 3 is 2.73 bits per heavy atom. The van der Waals surface area contributed by atoms with Gasteiger partial charge in [0.05, 0.1) is 13.2 Å². The highest BCUT2D eigenvalue weighted by Crippen LogP contribution is 2.34. The van der Waals surface area contributed by atoms with Gasteiger partial charge in [-0.15, -0.1) is 0 Å². The molecule has 1 aliphatic heterocycles. The normalized spacial score (nSPS) is 27.5.